The molecule has 1 aromatic carbocycles. The molecule has 178 valence electrons. The first-order valence-corrected chi connectivity index (χ1v) is 11.9. The monoisotopic (exact) mass is 494 g/mol. The second-order valence-corrected chi connectivity index (χ2v) is 10.2. The number of aromatic nitrogens is 2. The Bertz CT molecular complexity index is 1000. The fourth-order valence-electron chi connectivity index (χ4n) is 3.33. The van der Waals surface area contributed by atoms with Gasteiger partial charge in [0.25, 0.3) is 0 Å². The van der Waals surface area contributed by atoms with Gasteiger partial charge in [0.1, 0.15) is 16.8 Å². The number of amides is 3. The van der Waals surface area contributed by atoms with E-state index in [0.717, 1.165) is 11.8 Å². The van der Waals surface area contributed by atoms with Gasteiger partial charge in [-0.1, -0.05) is 23.4 Å². The third-order valence-electron chi connectivity index (χ3n) is 4.82. The molecule has 11 heteroatoms. The normalized spacial score (nSPS) is 16.5. The van der Waals surface area contributed by atoms with Crippen LogP contribution in [0.15, 0.2) is 35.5 Å². The third kappa shape index (κ3) is 7.46. The van der Waals surface area contributed by atoms with Crippen LogP contribution in [-0.2, 0) is 4.79 Å². The number of hydrogen-bond donors (Lipinski definition) is 2. The van der Waals surface area contributed by atoms with Crippen LogP contribution in [0.1, 0.15) is 27.7 Å². The minimum absolute atomic E-state index is 0.0209. The van der Waals surface area contributed by atoms with E-state index in [1.54, 1.807) is 6.07 Å². The van der Waals surface area contributed by atoms with Crippen LogP contribution in [0.5, 0.6) is 0 Å². The number of hydrogen-bond acceptors (Lipinski definition) is 6. The lowest BCUT2D eigenvalue weighted by molar-refractivity contribution is -0.113. The molecule has 8 nitrogen and oxygen atoms in total. The molecular formula is C22H28ClFN6O2S. The summed E-state index contributed by atoms with van der Waals surface area (Å²) in [7, 11) is 0. The fourth-order valence-corrected chi connectivity index (χ4v) is 4.21. The SMILES string of the molecule is CC1CN(c2cc(Cl)nc(SCC(=O)Nc3ccc(F)cc3)n2)CCN1C(=O)NC(C)(C)C. The van der Waals surface area contributed by atoms with Crippen molar-refractivity contribution in [3.05, 3.63) is 41.3 Å². The van der Waals surface area contributed by atoms with E-state index in [1.165, 1.54) is 24.3 Å². The van der Waals surface area contributed by atoms with Gasteiger partial charge in [-0.05, 0) is 52.0 Å². The molecule has 0 spiro atoms. The van der Waals surface area contributed by atoms with Gasteiger partial charge in [-0.15, -0.1) is 0 Å². The van der Waals surface area contributed by atoms with Gasteiger partial charge in [0.05, 0.1) is 5.75 Å². The quantitative estimate of drug-likeness (QED) is 0.370. The number of benzene rings is 1. The largest absolute Gasteiger partial charge is 0.353 e. The number of carbonyl (C=O) groups excluding carboxylic acids is 2. The second-order valence-electron chi connectivity index (χ2n) is 8.84. The maximum atomic E-state index is 13.0. The number of halogens is 2. The second kappa shape index (κ2) is 10.6. The first kappa shape index (κ1) is 25.0. The highest BCUT2D eigenvalue weighted by Crippen LogP contribution is 2.24. The molecule has 1 fully saturated rings. The molecule has 2 heterocycles. The molecule has 3 amide bonds. The van der Waals surface area contributed by atoms with Crippen LogP contribution in [-0.4, -0.2) is 63.8 Å². The first-order valence-electron chi connectivity index (χ1n) is 10.6. The Labute approximate surface area is 202 Å². The number of nitrogens with zero attached hydrogens (tertiary/aromatic N) is 4. The summed E-state index contributed by atoms with van der Waals surface area (Å²) < 4.78 is 13.0. The minimum Gasteiger partial charge on any atom is -0.353 e. The zero-order valence-corrected chi connectivity index (χ0v) is 20.6. The molecule has 0 saturated carbocycles. The van der Waals surface area contributed by atoms with Gasteiger partial charge in [-0.3, -0.25) is 4.79 Å². The van der Waals surface area contributed by atoms with Gasteiger partial charge >= 0.3 is 6.03 Å². The van der Waals surface area contributed by atoms with Gasteiger partial charge < -0.3 is 20.4 Å². The molecule has 0 radical (unpaired) electrons. The van der Waals surface area contributed by atoms with Crippen LogP contribution < -0.4 is 15.5 Å². The smallest absolute Gasteiger partial charge is 0.318 e. The maximum Gasteiger partial charge on any atom is 0.318 e. The van der Waals surface area contributed by atoms with Crippen molar-refractivity contribution in [2.75, 3.05) is 35.6 Å². The van der Waals surface area contributed by atoms with Crippen molar-refractivity contribution >= 4 is 46.8 Å². The van der Waals surface area contributed by atoms with Crippen molar-refractivity contribution in [2.24, 2.45) is 0 Å². The average Bonchev–Trinajstić information content (AvgIpc) is 2.72. The van der Waals surface area contributed by atoms with Crippen molar-refractivity contribution in [3.63, 3.8) is 0 Å². The summed E-state index contributed by atoms with van der Waals surface area (Å²) >= 11 is 7.38. The average molecular weight is 495 g/mol. The predicted octanol–water partition coefficient (Wildman–Crippen LogP) is 4.02. The summed E-state index contributed by atoms with van der Waals surface area (Å²) in [5.74, 6) is 0.101. The van der Waals surface area contributed by atoms with Crippen molar-refractivity contribution in [2.45, 2.75) is 44.4 Å². The van der Waals surface area contributed by atoms with Crippen LogP contribution in [0.25, 0.3) is 0 Å². The molecule has 1 unspecified atom stereocenters. The molecule has 1 aliphatic heterocycles. The van der Waals surface area contributed by atoms with Gasteiger partial charge in [-0.2, -0.15) is 0 Å². The number of anilines is 2. The molecule has 33 heavy (non-hydrogen) atoms. The summed E-state index contributed by atoms with van der Waals surface area (Å²) in [5.41, 5.74) is 0.209. The lowest BCUT2D eigenvalue weighted by atomic mass is 10.1. The van der Waals surface area contributed by atoms with Gasteiger partial charge in [-0.25, -0.2) is 19.2 Å². The lowest BCUT2D eigenvalue weighted by Gasteiger charge is -2.41. The highest BCUT2D eigenvalue weighted by Gasteiger charge is 2.30. The molecule has 1 saturated heterocycles. The highest BCUT2D eigenvalue weighted by molar-refractivity contribution is 7.99. The molecule has 0 aliphatic carbocycles. The first-order chi connectivity index (χ1) is 15.5. The predicted molar refractivity (Wildman–Crippen MR) is 129 cm³/mol. The van der Waals surface area contributed by atoms with Crippen molar-refractivity contribution < 1.29 is 14.0 Å². The van der Waals surface area contributed by atoms with E-state index in [-0.39, 0.29) is 40.2 Å². The maximum absolute atomic E-state index is 13.0. The van der Waals surface area contributed by atoms with E-state index >= 15 is 0 Å². The third-order valence-corrected chi connectivity index (χ3v) is 5.86. The van der Waals surface area contributed by atoms with E-state index in [2.05, 4.69) is 25.5 Å². The Morgan fingerprint density at radius 3 is 2.55 bits per heavy atom. The summed E-state index contributed by atoms with van der Waals surface area (Å²) in [6.07, 6.45) is 0. The van der Waals surface area contributed by atoms with Crippen LogP contribution in [0, 0.1) is 5.82 Å². The van der Waals surface area contributed by atoms with Crippen molar-refractivity contribution in [1.82, 2.24) is 20.2 Å². The number of urea groups is 1. The van der Waals surface area contributed by atoms with Crippen LogP contribution in [0.3, 0.4) is 0 Å². The van der Waals surface area contributed by atoms with E-state index in [4.69, 9.17) is 11.6 Å². The molecule has 3 rings (SSSR count). The molecule has 2 N–H and O–H groups in total. The van der Waals surface area contributed by atoms with Gasteiger partial charge in [0.2, 0.25) is 5.91 Å². The Kier molecular flexibility index (Phi) is 8.01. The number of nitrogens with one attached hydrogen (secondary N) is 2. The van der Waals surface area contributed by atoms with E-state index in [0.29, 0.717) is 36.3 Å². The van der Waals surface area contributed by atoms with Crippen LogP contribution in [0.2, 0.25) is 5.15 Å². The Balaban J connectivity index is 1.59. The minimum atomic E-state index is -0.368. The Morgan fingerprint density at radius 2 is 1.91 bits per heavy atom. The zero-order valence-electron chi connectivity index (χ0n) is 19.1. The summed E-state index contributed by atoms with van der Waals surface area (Å²) in [5, 5.41) is 6.36. The zero-order chi connectivity index (χ0) is 24.2. The number of thioether (sulfide) groups is 1. The molecule has 1 aromatic heterocycles. The molecule has 0 bridgehead atoms. The Hall–Kier alpha value is -2.59. The fraction of sp³-hybridized carbons (Fsp3) is 0.455. The molecule has 1 aliphatic rings. The highest BCUT2D eigenvalue weighted by atomic mass is 35.5. The number of carbonyl (C=O) groups is 2. The van der Waals surface area contributed by atoms with Gasteiger partial charge in [0.15, 0.2) is 5.16 Å². The lowest BCUT2D eigenvalue weighted by Crippen LogP contribution is -2.59. The van der Waals surface area contributed by atoms with Crippen molar-refractivity contribution in [1.29, 1.82) is 0 Å². The van der Waals surface area contributed by atoms with Gasteiger partial charge in [0, 0.05) is 43.0 Å². The summed E-state index contributed by atoms with van der Waals surface area (Å²) in [6.45, 7) is 9.60. The van der Waals surface area contributed by atoms with E-state index in [9.17, 15) is 14.0 Å². The van der Waals surface area contributed by atoms with E-state index in [1.807, 2.05) is 32.6 Å². The van der Waals surface area contributed by atoms with E-state index < -0.39 is 0 Å². The standard InChI is InChI=1S/C22H28ClFN6O2S/c1-14-12-29(9-10-30(14)21(32)28-22(2,3)4)18-11-17(23)26-20(27-18)33-13-19(31)25-16-7-5-15(24)6-8-16/h5-8,11,14H,9-10,12-13H2,1-4H3,(H,25,31)(H,28,32). The molecular weight excluding hydrogens is 467 g/mol. The number of rotatable bonds is 5. The summed E-state index contributed by atoms with van der Waals surface area (Å²) in [6, 6.07) is 7.13. The molecule has 1 atom stereocenters. The number of piperazine rings is 1. The Morgan fingerprint density at radius 1 is 1.21 bits per heavy atom. The van der Waals surface area contributed by atoms with Crippen LogP contribution >= 0.6 is 23.4 Å². The topological polar surface area (TPSA) is 90.5 Å². The van der Waals surface area contributed by atoms with Crippen molar-refractivity contribution in [3.8, 4) is 0 Å². The summed E-state index contributed by atoms with van der Waals surface area (Å²) in [4.78, 5) is 37.4. The van der Waals surface area contributed by atoms with Crippen LogP contribution in [0.4, 0.5) is 20.7 Å². The molecule has 2 aromatic rings.